The van der Waals surface area contributed by atoms with Crippen molar-refractivity contribution in [2.24, 2.45) is 5.73 Å². The molecule has 2 heterocycles. The first-order valence-electron chi connectivity index (χ1n) is 7.26. The molecule has 0 unspecified atom stereocenters. The molecule has 1 aliphatic heterocycles. The Morgan fingerprint density at radius 2 is 2.00 bits per heavy atom. The van der Waals surface area contributed by atoms with Gasteiger partial charge in [-0.05, 0) is 32.4 Å². The van der Waals surface area contributed by atoms with Gasteiger partial charge in [-0.1, -0.05) is 0 Å². The zero-order valence-corrected chi connectivity index (χ0v) is 13.0. The highest BCUT2D eigenvalue weighted by molar-refractivity contribution is 5.68. The minimum atomic E-state index is -0.454. The van der Waals surface area contributed by atoms with Gasteiger partial charge in [-0.2, -0.15) is 0 Å². The first-order chi connectivity index (χ1) is 9.90. The van der Waals surface area contributed by atoms with Crippen molar-refractivity contribution in [3.63, 3.8) is 0 Å². The van der Waals surface area contributed by atoms with Gasteiger partial charge < -0.3 is 20.3 Å². The van der Waals surface area contributed by atoms with Crippen LogP contribution in [-0.2, 0) is 11.3 Å². The minimum Gasteiger partial charge on any atom is -0.444 e. The Bertz CT molecular complexity index is 491. The number of pyridine rings is 1. The Hall–Kier alpha value is -1.82. The van der Waals surface area contributed by atoms with E-state index in [-0.39, 0.29) is 6.09 Å². The fourth-order valence-corrected chi connectivity index (χ4v) is 2.33. The summed E-state index contributed by atoms with van der Waals surface area (Å²) >= 11 is 0. The van der Waals surface area contributed by atoms with Crippen molar-refractivity contribution < 1.29 is 9.53 Å². The number of amides is 1. The maximum atomic E-state index is 12.0. The van der Waals surface area contributed by atoms with Gasteiger partial charge in [-0.15, -0.1) is 0 Å². The minimum absolute atomic E-state index is 0.243. The topological polar surface area (TPSA) is 71.7 Å². The van der Waals surface area contributed by atoms with Crippen LogP contribution < -0.4 is 10.6 Å². The average molecular weight is 292 g/mol. The molecular formula is C15H24N4O2. The average Bonchev–Trinajstić information content (AvgIpc) is 2.45. The second kappa shape index (κ2) is 6.30. The van der Waals surface area contributed by atoms with E-state index in [9.17, 15) is 4.79 Å². The Morgan fingerprint density at radius 1 is 1.33 bits per heavy atom. The van der Waals surface area contributed by atoms with Crippen LogP contribution in [0.3, 0.4) is 0 Å². The van der Waals surface area contributed by atoms with Gasteiger partial charge in [0.25, 0.3) is 0 Å². The zero-order chi connectivity index (χ0) is 15.5. The SMILES string of the molecule is CC(C)(C)OC(=O)N1CCN(c2cnccc2CN)CC1. The number of hydrogen-bond donors (Lipinski definition) is 1. The number of rotatable bonds is 2. The standard InChI is InChI=1S/C15H24N4O2/c1-15(2,3)21-14(20)19-8-6-18(7-9-19)13-11-17-5-4-12(13)10-16/h4-5,11H,6-10,16H2,1-3H3. The van der Waals surface area contributed by atoms with E-state index in [1.807, 2.05) is 33.0 Å². The van der Waals surface area contributed by atoms with Gasteiger partial charge in [0, 0.05) is 38.9 Å². The van der Waals surface area contributed by atoms with Crippen LogP contribution >= 0.6 is 0 Å². The second-order valence-electron chi connectivity index (χ2n) is 6.16. The number of piperazine rings is 1. The molecule has 0 bridgehead atoms. The van der Waals surface area contributed by atoms with Gasteiger partial charge >= 0.3 is 6.09 Å². The number of nitrogens with two attached hydrogens (primary N) is 1. The molecule has 21 heavy (non-hydrogen) atoms. The van der Waals surface area contributed by atoms with Crippen molar-refractivity contribution in [2.75, 3.05) is 31.1 Å². The van der Waals surface area contributed by atoms with Crippen molar-refractivity contribution in [3.8, 4) is 0 Å². The number of hydrogen-bond acceptors (Lipinski definition) is 5. The summed E-state index contributed by atoms with van der Waals surface area (Å²) in [5, 5.41) is 0. The monoisotopic (exact) mass is 292 g/mol. The number of anilines is 1. The van der Waals surface area contributed by atoms with Crippen molar-refractivity contribution in [2.45, 2.75) is 32.9 Å². The number of carbonyl (C=O) groups is 1. The van der Waals surface area contributed by atoms with E-state index in [1.54, 1.807) is 11.1 Å². The second-order valence-corrected chi connectivity index (χ2v) is 6.16. The van der Waals surface area contributed by atoms with E-state index in [1.165, 1.54) is 0 Å². The normalized spacial score (nSPS) is 16.0. The first-order valence-corrected chi connectivity index (χ1v) is 7.26. The van der Waals surface area contributed by atoms with Gasteiger partial charge in [-0.25, -0.2) is 4.79 Å². The number of aromatic nitrogens is 1. The van der Waals surface area contributed by atoms with Gasteiger partial charge in [-0.3, -0.25) is 4.98 Å². The van der Waals surface area contributed by atoms with E-state index >= 15 is 0 Å². The molecule has 2 rings (SSSR count). The van der Waals surface area contributed by atoms with Gasteiger partial charge in [0.1, 0.15) is 5.60 Å². The summed E-state index contributed by atoms with van der Waals surface area (Å²) in [5.74, 6) is 0. The van der Waals surface area contributed by atoms with E-state index in [4.69, 9.17) is 10.5 Å². The Kier molecular flexibility index (Phi) is 4.67. The van der Waals surface area contributed by atoms with Crippen molar-refractivity contribution in [1.29, 1.82) is 0 Å². The Morgan fingerprint density at radius 3 is 2.57 bits per heavy atom. The lowest BCUT2D eigenvalue weighted by Gasteiger charge is -2.37. The quantitative estimate of drug-likeness (QED) is 0.896. The Balaban J connectivity index is 1.96. The van der Waals surface area contributed by atoms with Crippen LogP contribution in [0.1, 0.15) is 26.3 Å². The lowest BCUT2D eigenvalue weighted by atomic mass is 10.2. The third-order valence-electron chi connectivity index (χ3n) is 3.38. The fourth-order valence-electron chi connectivity index (χ4n) is 2.33. The van der Waals surface area contributed by atoms with Crippen molar-refractivity contribution in [3.05, 3.63) is 24.0 Å². The molecule has 1 aliphatic rings. The highest BCUT2D eigenvalue weighted by atomic mass is 16.6. The molecule has 1 fully saturated rings. The fraction of sp³-hybridized carbons (Fsp3) is 0.600. The van der Waals surface area contributed by atoms with Crippen LogP contribution in [0.4, 0.5) is 10.5 Å². The summed E-state index contributed by atoms with van der Waals surface area (Å²) < 4.78 is 5.40. The summed E-state index contributed by atoms with van der Waals surface area (Å²) in [6.45, 7) is 8.95. The molecule has 0 aromatic carbocycles. The smallest absolute Gasteiger partial charge is 0.410 e. The van der Waals surface area contributed by atoms with Crippen LogP contribution in [-0.4, -0.2) is 47.8 Å². The van der Waals surface area contributed by atoms with E-state index in [2.05, 4.69) is 9.88 Å². The number of ether oxygens (including phenoxy) is 1. The van der Waals surface area contributed by atoms with Crippen LogP contribution in [0.25, 0.3) is 0 Å². The van der Waals surface area contributed by atoms with Crippen LogP contribution in [0.2, 0.25) is 0 Å². The van der Waals surface area contributed by atoms with Gasteiger partial charge in [0.05, 0.1) is 11.9 Å². The molecule has 1 amide bonds. The first kappa shape index (κ1) is 15.6. The predicted molar refractivity (Wildman–Crippen MR) is 82.1 cm³/mol. The molecule has 0 spiro atoms. The summed E-state index contributed by atoms with van der Waals surface area (Å²) in [7, 11) is 0. The molecular weight excluding hydrogens is 268 g/mol. The molecule has 1 aromatic heterocycles. The largest absolute Gasteiger partial charge is 0.444 e. The van der Waals surface area contributed by atoms with E-state index < -0.39 is 5.60 Å². The lowest BCUT2D eigenvalue weighted by Crippen LogP contribution is -2.50. The van der Waals surface area contributed by atoms with Gasteiger partial charge in [0.2, 0.25) is 0 Å². The molecule has 0 radical (unpaired) electrons. The van der Waals surface area contributed by atoms with Crippen molar-refractivity contribution in [1.82, 2.24) is 9.88 Å². The molecule has 1 saturated heterocycles. The maximum Gasteiger partial charge on any atom is 0.410 e. The third kappa shape index (κ3) is 4.07. The number of carbonyl (C=O) groups excluding carboxylic acids is 1. The van der Waals surface area contributed by atoms with E-state index in [0.29, 0.717) is 19.6 Å². The molecule has 1 aromatic rings. The summed E-state index contributed by atoms with van der Waals surface area (Å²) in [6.07, 6.45) is 3.35. The summed E-state index contributed by atoms with van der Waals surface area (Å²) in [6, 6.07) is 1.94. The molecule has 116 valence electrons. The van der Waals surface area contributed by atoms with Crippen LogP contribution in [0, 0.1) is 0 Å². The molecule has 0 saturated carbocycles. The van der Waals surface area contributed by atoms with Crippen LogP contribution in [0.15, 0.2) is 18.5 Å². The summed E-state index contributed by atoms with van der Waals surface area (Å²) in [4.78, 5) is 20.2. The highest BCUT2D eigenvalue weighted by Gasteiger charge is 2.26. The predicted octanol–water partition coefficient (Wildman–Crippen LogP) is 1.60. The number of nitrogens with zero attached hydrogens (tertiary/aromatic N) is 3. The lowest BCUT2D eigenvalue weighted by molar-refractivity contribution is 0.0240. The third-order valence-corrected chi connectivity index (χ3v) is 3.38. The van der Waals surface area contributed by atoms with Gasteiger partial charge in [0.15, 0.2) is 0 Å². The molecule has 6 heteroatoms. The summed E-state index contributed by atoms with van der Waals surface area (Å²) in [5.41, 5.74) is 7.45. The zero-order valence-electron chi connectivity index (χ0n) is 13.0. The Labute approximate surface area is 125 Å². The van der Waals surface area contributed by atoms with Crippen molar-refractivity contribution >= 4 is 11.8 Å². The highest BCUT2D eigenvalue weighted by Crippen LogP contribution is 2.21. The van der Waals surface area contributed by atoms with Crippen LogP contribution in [0.5, 0.6) is 0 Å². The maximum absolute atomic E-state index is 12.0. The molecule has 0 atom stereocenters. The molecule has 6 nitrogen and oxygen atoms in total. The molecule has 0 aliphatic carbocycles. The molecule has 2 N–H and O–H groups in total. The van der Waals surface area contributed by atoms with E-state index in [0.717, 1.165) is 24.3 Å².